The lowest BCUT2D eigenvalue weighted by molar-refractivity contribution is 0.0686. The summed E-state index contributed by atoms with van der Waals surface area (Å²) in [5.74, 6) is -3.23. The lowest BCUT2D eigenvalue weighted by Crippen LogP contribution is -2.03. The molecule has 11 N–H and O–H groups in total. The van der Waals surface area contributed by atoms with Gasteiger partial charge in [0.15, 0.2) is 0 Å². The van der Waals surface area contributed by atoms with Crippen molar-refractivity contribution in [2.24, 2.45) is 0 Å². The predicted octanol–water partition coefficient (Wildman–Crippen LogP) is 2.46. The Morgan fingerprint density at radius 1 is 0.548 bits per heavy atom. The second-order valence-electron chi connectivity index (χ2n) is 6.41. The first-order chi connectivity index (χ1) is 14.5. The van der Waals surface area contributed by atoms with Gasteiger partial charge in [-0.05, 0) is 53.6 Å². The number of carboxylic acid groups (broad SMARTS) is 3. The van der Waals surface area contributed by atoms with Gasteiger partial charge in [-0.25, -0.2) is 14.4 Å². The average Bonchev–Trinajstić information content (AvgIpc) is 2.67. The maximum absolute atomic E-state index is 10.9. The fourth-order valence-corrected chi connectivity index (χ4v) is 2.67. The minimum atomic E-state index is -1.10. The number of carbonyl (C=O) groups is 3. The van der Waals surface area contributed by atoms with Gasteiger partial charge in [-0.1, -0.05) is 12.1 Å². The zero-order valence-electron chi connectivity index (χ0n) is 16.1. The van der Waals surface area contributed by atoms with Gasteiger partial charge in [-0.3, -0.25) is 0 Å². The maximum Gasteiger partial charge on any atom is 0.337 e. The smallest absolute Gasteiger partial charge is 0.337 e. The highest BCUT2D eigenvalue weighted by atomic mass is 16.4. The molecule has 0 saturated carbocycles. The van der Waals surface area contributed by atoms with E-state index in [-0.39, 0.29) is 28.1 Å². The number of nitrogen functional groups attached to an aromatic ring is 4. The Morgan fingerprint density at radius 2 is 0.935 bits per heavy atom. The molecule has 0 heterocycles. The molecule has 0 aliphatic carbocycles. The molecule has 10 heteroatoms. The zero-order chi connectivity index (χ0) is 23.3. The van der Waals surface area contributed by atoms with E-state index >= 15 is 0 Å². The van der Waals surface area contributed by atoms with E-state index in [4.69, 9.17) is 38.3 Å². The lowest BCUT2D eigenvalue weighted by atomic mass is 10.00. The van der Waals surface area contributed by atoms with Crippen LogP contribution in [0.5, 0.6) is 0 Å². The largest absolute Gasteiger partial charge is 0.478 e. The first kappa shape index (κ1) is 22.6. The van der Waals surface area contributed by atoms with E-state index in [2.05, 4.69) is 0 Å². The van der Waals surface area contributed by atoms with Crippen LogP contribution in [0.1, 0.15) is 31.1 Å². The Hall–Kier alpha value is -4.73. The predicted molar refractivity (Wildman–Crippen MR) is 117 cm³/mol. The normalized spacial score (nSPS) is 9.94. The molecule has 3 rings (SSSR count). The Kier molecular flexibility index (Phi) is 6.68. The maximum atomic E-state index is 10.9. The van der Waals surface area contributed by atoms with E-state index in [1.54, 1.807) is 12.1 Å². The summed E-state index contributed by atoms with van der Waals surface area (Å²) in [5.41, 5.74) is 24.5. The third kappa shape index (κ3) is 5.64. The van der Waals surface area contributed by atoms with E-state index in [9.17, 15) is 14.4 Å². The van der Waals surface area contributed by atoms with E-state index in [0.717, 1.165) is 0 Å². The number of benzene rings is 3. The Labute approximate surface area is 176 Å². The molecule has 0 atom stereocenters. The van der Waals surface area contributed by atoms with Gasteiger partial charge in [0.1, 0.15) is 0 Å². The molecule has 10 nitrogen and oxygen atoms in total. The van der Waals surface area contributed by atoms with Crippen molar-refractivity contribution in [1.29, 1.82) is 0 Å². The molecular weight excluding hydrogens is 404 g/mol. The van der Waals surface area contributed by atoms with Crippen molar-refractivity contribution in [2.75, 3.05) is 22.9 Å². The summed E-state index contributed by atoms with van der Waals surface area (Å²) in [6.45, 7) is 0. The molecule has 0 aliphatic rings. The molecule has 0 radical (unpaired) electrons. The van der Waals surface area contributed by atoms with Crippen LogP contribution in [-0.4, -0.2) is 33.2 Å². The van der Waals surface area contributed by atoms with Gasteiger partial charge in [0, 0.05) is 22.7 Å². The molecule has 3 aromatic rings. The highest BCUT2D eigenvalue weighted by molar-refractivity contribution is 5.96. The average molecular weight is 424 g/mol. The van der Waals surface area contributed by atoms with Gasteiger partial charge in [-0.2, -0.15) is 0 Å². The fourth-order valence-electron chi connectivity index (χ4n) is 2.67. The van der Waals surface area contributed by atoms with Crippen molar-refractivity contribution in [3.05, 3.63) is 71.3 Å². The Balaban J connectivity index is 0.000000262. The van der Waals surface area contributed by atoms with Crippen LogP contribution < -0.4 is 22.9 Å². The molecular formula is C21H20N4O6. The van der Waals surface area contributed by atoms with Crippen LogP contribution in [0.4, 0.5) is 22.7 Å². The van der Waals surface area contributed by atoms with Gasteiger partial charge < -0.3 is 38.3 Å². The van der Waals surface area contributed by atoms with Crippen molar-refractivity contribution in [3.8, 4) is 11.1 Å². The van der Waals surface area contributed by atoms with Crippen LogP contribution in [0.25, 0.3) is 11.1 Å². The van der Waals surface area contributed by atoms with E-state index in [1.165, 1.54) is 42.5 Å². The number of nitrogens with two attached hydrogens (primary N) is 4. The van der Waals surface area contributed by atoms with E-state index in [1.807, 2.05) is 0 Å². The van der Waals surface area contributed by atoms with Crippen LogP contribution in [0.3, 0.4) is 0 Å². The number of rotatable bonds is 4. The topological polar surface area (TPSA) is 216 Å². The van der Waals surface area contributed by atoms with Gasteiger partial charge in [-0.15, -0.1) is 0 Å². The quantitative estimate of drug-likeness (QED) is 0.303. The van der Waals surface area contributed by atoms with Gasteiger partial charge in [0.05, 0.1) is 16.7 Å². The van der Waals surface area contributed by atoms with Gasteiger partial charge in [0.2, 0.25) is 0 Å². The summed E-state index contributed by atoms with van der Waals surface area (Å²) >= 11 is 0. The number of hydrogen-bond acceptors (Lipinski definition) is 7. The van der Waals surface area contributed by atoms with Crippen LogP contribution in [-0.2, 0) is 0 Å². The number of carboxylic acids is 3. The Bertz CT molecular complexity index is 1090. The monoisotopic (exact) mass is 424 g/mol. The second-order valence-corrected chi connectivity index (χ2v) is 6.41. The molecule has 0 saturated heterocycles. The summed E-state index contributed by atoms with van der Waals surface area (Å²) in [7, 11) is 0. The zero-order valence-corrected chi connectivity index (χ0v) is 16.1. The first-order valence-corrected chi connectivity index (χ1v) is 8.65. The highest BCUT2D eigenvalue weighted by Crippen LogP contribution is 2.27. The van der Waals surface area contributed by atoms with E-state index < -0.39 is 17.9 Å². The van der Waals surface area contributed by atoms with Crippen LogP contribution in [0.15, 0.2) is 54.6 Å². The van der Waals surface area contributed by atoms with E-state index in [0.29, 0.717) is 22.5 Å². The summed E-state index contributed by atoms with van der Waals surface area (Å²) < 4.78 is 0. The standard InChI is InChI=1S/C14H12N2O4.C7H8N2O2/c15-11-5-7(1-3-9(11)13(17)18)8-2-4-10(14(19)20)12(16)6-8;8-5-1-4(7(10)11)2-6(9)3-5/h1-6H,15-16H2,(H,17,18)(H,19,20);1-3H,8-9H2,(H,10,11). The SMILES string of the molecule is Nc1cc(-c2ccc(C(=O)O)c(N)c2)ccc1C(=O)O.Nc1cc(N)cc(C(=O)O)c1. The number of hydrogen-bond donors (Lipinski definition) is 7. The van der Waals surface area contributed by atoms with Crippen molar-refractivity contribution in [2.45, 2.75) is 0 Å². The van der Waals surface area contributed by atoms with Crippen molar-refractivity contribution in [1.82, 2.24) is 0 Å². The van der Waals surface area contributed by atoms with Gasteiger partial charge in [0.25, 0.3) is 0 Å². The van der Waals surface area contributed by atoms with Crippen molar-refractivity contribution in [3.63, 3.8) is 0 Å². The summed E-state index contributed by atoms with van der Waals surface area (Å²) in [5, 5.41) is 26.3. The number of anilines is 4. The molecule has 31 heavy (non-hydrogen) atoms. The molecule has 0 unspecified atom stereocenters. The second kappa shape index (κ2) is 9.18. The number of aromatic carboxylic acids is 3. The first-order valence-electron chi connectivity index (χ1n) is 8.65. The molecule has 0 fully saturated rings. The molecule has 0 bridgehead atoms. The fraction of sp³-hybridized carbons (Fsp3) is 0. The van der Waals surface area contributed by atoms with Crippen LogP contribution in [0, 0.1) is 0 Å². The molecule has 0 aliphatic heterocycles. The molecule has 3 aromatic carbocycles. The minimum absolute atomic E-state index is 0.0175. The third-order valence-electron chi connectivity index (χ3n) is 4.12. The van der Waals surface area contributed by atoms with Crippen LogP contribution >= 0.6 is 0 Å². The summed E-state index contributed by atoms with van der Waals surface area (Å²) in [4.78, 5) is 32.2. The molecule has 0 spiro atoms. The van der Waals surface area contributed by atoms with Gasteiger partial charge >= 0.3 is 17.9 Å². The summed E-state index contributed by atoms with van der Waals surface area (Å²) in [6, 6.07) is 13.2. The van der Waals surface area contributed by atoms with Crippen molar-refractivity contribution < 1.29 is 29.7 Å². The minimum Gasteiger partial charge on any atom is -0.478 e. The third-order valence-corrected chi connectivity index (χ3v) is 4.12. The van der Waals surface area contributed by atoms with Crippen molar-refractivity contribution >= 4 is 40.7 Å². The molecule has 0 amide bonds. The highest BCUT2D eigenvalue weighted by Gasteiger charge is 2.12. The summed E-state index contributed by atoms with van der Waals surface area (Å²) in [6.07, 6.45) is 0. The molecule has 160 valence electrons. The Morgan fingerprint density at radius 3 is 1.23 bits per heavy atom. The lowest BCUT2D eigenvalue weighted by Gasteiger charge is -2.08. The molecule has 0 aromatic heterocycles. The van der Waals surface area contributed by atoms with Crippen LogP contribution in [0.2, 0.25) is 0 Å².